The van der Waals surface area contributed by atoms with Crippen molar-refractivity contribution in [2.45, 2.75) is 19.6 Å². The molecule has 1 amide bonds. The van der Waals surface area contributed by atoms with Crippen molar-refractivity contribution in [1.29, 1.82) is 0 Å². The van der Waals surface area contributed by atoms with Crippen LogP contribution in [0, 0.1) is 0 Å². The average molecular weight is 491 g/mol. The fraction of sp³-hybridized carbons (Fsp3) is 0.143. The number of aromatic nitrogens is 1. The van der Waals surface area contributed by atoms with Crippen LogP contribution in [0.1, 0.15) is 16.7 Å². The molecule has 0 radical (unpaired) electrons. The molecule has 8 heteroatoms. The summed E-state index contributed by atoms with van der Waals surface area (Å²) in [5, 5.41) is 2.15. The largest absolute Gasteiger partial charge is 0.487 e. The smallest absolute Gasteiger partial charge is 0.268 e. The molecule has 1 aromatic heterocycles. The maximum Gasteiger partial charge on any atom is 0.268 e. The standard InChI is InChI=1S/C21H21BrN2O3P2/c22-20-17(27-12-15-4-5-16(28)10-18(15)29)6-7-24(21(20)26)11-14-3-1-2-13(8-14)9-19(23)25/h1-8,10H,9,11-12,28-29H2,(H2,23,25). The maximum atomic E-state index is 12.7. The molecule has 3 rings (SSSR count). The summed E-state index contributed by atoms with van der Waals surface area (Å²) in [5.74, 6) is 0.109. The van der Waals surface area contributed by atoms with Crippen LogP contribution in [-0.2, 0) is 24.4 Å². The number of halogens is 1. The number of primary amides is 1. The molecule has 0 aliphatic heterocycles. The molecule has 0 spiro atoms. The summed E-state index contributed by atoms with van der Waals surface area (Å²) in [4.78, 5) is 23.9. The van der Waals surface area contributed by atoms with Gasteiger partial charge in [-0.05, 0) is 55.4 Å². The molecule has 2 unspecified atom stereocenters. The summed E-state index contributed by atoms with van der Waals surface area (Å²) in [5.41, 5.74) is 7.84. The maximum absolute atomic E-state index is 12.7. The molecule has 5 nitrogen and oxygen atoms in total. The van der Waals surface area contributed by atoms with Crippen LogP contribution in [0.3, 0.4) is 0 Å². The first kappa shape index (κ1) is 21.7. The molecule has 0 aliphatic rings. The van der Waals surface area contributed by atoms with Gasteiger partial charge in [0, 0.05) is 6.20 Å². The second kappa shape index (κ2) is 9.67. The van der Waals surface area contributed by atoms with Gasteiger partial charge in [0.05, 0.1) is 13.0 Å². The Hall–Kier alpha value is -2.00. The van der Waals surface area contributed by atoms with Gasteiger partial charge < -0.3 is 15.0 Å². The van der Waals surface area contributed by atoms with Crippen LogP contribution in [0.5, 0.6) is 5.75 Å². The summed E-state index contributed by atoms with van der Waals surface area (Å²) in [7, 11) is 5.36. The molecule has 3 aromatic rings. The fourth-order valence-electron chi connectivity index (χ4n) is 2.90. The van der Waals surface area contributed by atoms with Crippen LogP contribution >= 0.6 is 34.4 Å². The first-order chi connectivity index (χ1) is 13.8. The van der Waals surface area contributed by atoms with Crippen molar-refractivity contribution in [2.75, 3.05) is 0 Å². The number of hydrogen-bond donors (Lipinski definition) is 1. The highest BCUT2D eigenvalue weighted by atomic mass is 79.9. The van der Waals surface area contributed by atoms with Gasteiger partial charge in [0.1, 0.15) is 16.8 Å². The predicted octanol–water partition coefficient (Wildman–Crippen LogP) is 2.27. The van der Waals surface area contributed by atoms with Crippen LogP contribution < -0.4 is 26.6 Å². The number of benzene rings is 2. The SMILES string of the molecule is NC(=O)Cc1cccc(Cn2ccc(OCc3ccc(P)cc3P)c(Br)c2=O)c1. The van der Waals surface area contributed by atoms with Gasteiger partial charge >= 0.3 is 0 Å². The van der Waals surface area contributed by atoms with Crippen LogP contribution in [-0.4, -0.2) is 10.5 Å². The Balaban J connectivity index is 1.75. The first-order valence-corrected chi connectivity index (χ1v) is 10.8. The topological polar surface area (TPSA) is 74.3 Å². The van der Waals surface area contributed by atoms with Gasteiger partial charge in [-0.15, -0.1) is 18.5 Å². The number of rotatable bonds is 7. The van der Waals surface area contributed by atoms with Gasteiger partial charge in [0.2, 0.25) is 5.91 Å². The molecule has 2 N–H and O–H groups in total. The summed E-state index contributed by atoms with van der Waals surface area (Å²) < 4.78 is 7.82. The van der Waals surface area contributed by atoms with Gasteiger partial charge in [-0.25, -0.2) is 0 Å². The molecule has 0 saturated carbocycles. The van der Waals surface area contributed by atoms with Crippen LogP contribution in [0.15, 0.2) is 64.0 Å². The zero-order valence-corrected chi connectivity index (χ0v) is 19.5. The predicted molar refractivity (Wildman–Crippen MR) is 126 cm³/mol. The Morgan fingerprint density at radius 3 is 2.59 bits per heavy atom. The summed E-state index contributed by atoms with van der Waals surface area (Å²) >= 11 is 3.37. The number of nitrogens with two attached hydrogens (primary N) is 1. The van der Waals surface area contributed by atoms with Crippen molar-refractivity contribution in [3.63, 3.8) is 0 Å². The minimum atomic E-state index is -0.385. The summed E-state index contributed by atoms with van der Waals surface area (Å²) in [6, 6.07) is 15.3. The normalized spacial score (nSPS) is 10.7. The van der Waals surface area contributed by atoms with Crippen molar-refractivity contribution in [2.24, 2.45) is 5.73 Å². The first-order valence-electron chi connectivity index (χ1n) is 8.85. The molecular formula is C21H21BrN2O3P2. The van der Waals surface area contributed by atoms with E-state index in [9.17, 15) is 9.59 Å². The number of amides is 1. The third-order valence-corrected chi connectivity index (χ3v) is 5.97. The molecular weight excluding hydrogens is 470 g/mol. The summed E-state index contributed by atoms with van der Waals surface area (Å²) in [6.07, 6.45) is 1.88. The van der Waals surface area contributed by atoms with E-state index in [1.165, 1.54) is 0 Å². The lowest BCUT2D eigenvalue weighted by Gasteiger charge is -2.13. The van der Waals surface area contributed by atoms with E-state index in [0.717, 1.165) is 27.3 Å². The molecule has 0 bridgehead atoms. The molecule has 150 valence electrons. The third-order valence-electron chi connectivity index (χ3n) is 4.35. The molecule has 0 aliphatic carbocycles. The minimum absolute atomic E-state index is 0.175. The fourth-order valence-corrected chi connectivity index (χ4v) is 4.22. The highest BCUT2D eigenvalue weighted by Crippen LogP contribution is 2.22. The number of ether oxygens (including phenoxy) is 1. The van der Waals surface area contributed by atoms with Gasteiger partial charge in [-0.2, -0.15) is 0 Å². The highest BCUT2D eigenvalue weighted by molar-refractivity contribution is 9.10. The zero-order valence-electron chi connectivity index (χ0n) is 15.6. The molecule has 0 saturated heterocycles. The lowest BCUT2D eigenvalue weighted by molar-refractivity contribution is -0.117. The van der Waals surface area contributed by atoms with E-state index >= 15 is 0 Å². The molecule has 2 aromatic carbocycles. The highest BCUT2D eigenvalue weighted by Gasteiger charge is 2.11. The van der Waals surface area contributed by atoms with Crippen LogP contribution in [0.4, 0.5) is 0 Å². The van der Waals surface area contributed by atoms with Crippen molar-refractivity contribution >= 4 is 50.9 Å². The summed E-state index contributed by atoms with van der Waals surface area (Å²) in [6.45, 7) is 0.747. The van der Waals surface area contributed by atoms with Crippen molar-refractivity contribution < 1.29 is 9.53 Å². The molecule has 2 atom stereocenters. The van der Waals surface area contributed by atoms with E-state index in [2.05, 4.69) is 34.4 Å². The van der Waals surface area contributed by atoms with Crippen LogP contribution in [0.2, 0.25) is 0 Å². The van der Waals surface area contributed by atoms with E-state index in [1.54, 1.807) is 16.8 Å². The van der Waals surface area contributed by atoms with E-state index < -0.39 is 0 Å². The van der Waals surface area contributed by atoms with Gasteiger partial charge in [-0.1, -0.05) is 36.4 Å². The van der Waals surface area contributed by atoms with Gasteiger partial charge in [0.15, 0.2) is 0 Å². The number of pyridine rings is 1. The van der Waals surface area contributed by atoms with Crippen molar-refractivity contribution in [3.8, 4) is 5.75 Å². The third kappa shape index (κ3) is 5.76. The van der Waals surface area contributed by atoms with Crippen molar-refractivity contribution in [3.05, 3.63) is 86.2 Å². The number of nitrogens with zero attached hydrogens (tertiary/aromatic N) is 1. The number of carbonyl (C=O) groups is 1. The monoisotopic (exact) mass is 490 g/mol. The zero-order chi connectivity index (χ0) is 21.0. The lowest BCUT2D eigenvalue weighted by Crippen LogP contribution is -2.21. The van der Waals surface area contributed by atoms with Gasteiger partial charge in [0.25, 0.3) is 5.56 Å². The second-order valence-corrected chi connectivity index (χ2v) is 8.72. The van der Waals surface area contributed by atoms with Crippen molar-refractivity contribution in [1.82, 2.24) is 4.57 Å². The van der Waals surface area contributed by atoms with E-state index in [0.29, 0.717) is 23.4 Å². The Labute approximate surface area is 182 Å². The minimum Gasteiger partial charge on any atom is -0.487 e. The Kier molecular flexibility index (Phi) is 7.23. The molecule has 29 heavy (non-hydrogen) atoms. The van der Waals surface area contributed by atoms with E-state index in [4.69, 9.17) is 10.5 Å². The Morgan fingerprint density at radius 2 is 1.86 bits per heavy atom. The van der Waals surface area contributed by atoms with E-state index in [1.807, 2.05) is 42.5 Å². The average Bonchev–Trinajstić information content (AvgIpc) is 2.66. The Morgan fingerprint density at radius 1 is 1.10 bits per heavy atom. The van der Waals surface area contributed by atoms with Crippen LogP contribution in [0.25, 0.3) is 0 Å². The van der Waals surface area contributed by atoms with Gasteiger partial charge in [-0.3, -0.25) is 9.59 Å². The molecule has 0 fully saturated rings. The molecule has 1 heterocycles. The van der Waals surface area contributed by atoms with E-state index in [-0.39, 0.29) is 17.9 Å². The second-order valence-electron chi connectivity index (χ2n) is 6.64. The number of carbonyl (C=O) groups excluding carboxylic acids is 1. The number of hydrogen-bond acceptors (Lipinski definition) is 3. The quantitative estimate of drug-likeness (QED) is 0.516. The lowest BCUT2D eigenvalue weighted by atomic mass is 10.1. The Bertz CT molecular complexity index is 1120.